The van der Waals surface area contributed by atoms with E-state index in [1.54, 1.807) is 43.9 Å². The fourth-order valence-corrected chi connectivity index (χ4v) is 3.79. The van der Waals surface area contributed by atoms with Crippen molar-refractivity contribution >= 4 is 21.6 Å². The molecule has 0 aliphatic rings. The largest absolute Gasteiger partial charge is 0.271 e. The normalized spacial score (nSPS) is 12.1. The van der Waals surface area contributed by atoms with E-state index in [1.807, 2.05) is 0 Å². The number of hydrogen-bond acceptors (Lipinski definition) is 4. The fourth-order valence-electron chi connectivity index (χ4n) is 2.13. The summed E-state index contributed by atoms with van der Waals surface area (Å²) in [5.74, 6) is 0. The molecule has 0 saturated heterocycles. The summed E-state index contributed by atoms with van der Waals surface area (Å²) in [6, 6.07) is 3.39. The van der Waals surface area contributed by atoms with Gasteiger partial charge in [0.1, 0.15) is 10.0 Å². The molecule has 0 aliphatic heterocycles. The van der Waals surface area contributed by atoms with Crippen LogP contribution in [0.1, 0.15) is 17.0 Å². The van der Waals surface area contributed by atoms with Gasteiger partial charge in [0.15, 0.2) is 0 Å². The van der Waals surface area contributed by atoms with Gasteiger partial charge < -0.3 is 0 Å². The quantitative estimate of drug-likeness (QED) is 0.804. The van der Waals surface area contributed by atoms with Crippen LogP contribution in [0.25, 0.3) is 0 Å². The maximum atomic E-state index is 12.7. The first-order valence-corrected chi connectivity index (χ1v) is 8.12. The summed E-state index contributed by atoms with van der Waals surface area (Å²) < 4.78 is 28.2. The minimum Gasteiger partial charge on any atom is -0.271 e. The van der Waals surface area contributed by atoms with Gasteiger partial charge in [0.2, 0.25) is 10.0 Å². The van der Waals surface area contributed by atoms with Gasteiger partial charge in [-0.05, 0) is 25.5 Å². The molecule has 0 aromatic carbocycles. The lowest BCUT2D eigenvalue weighted by Crippen LogP contribution is -2.27. The number of halogens is 1. The molecule has 8 heteroatoms. The molecule has 0 amide bonds. The molecule has 0 saturated carbocycles. The van der Waals surface area contributed by atoms with Crippen molar-refractivity contribution in [2.24, 2.45) is 7.05 Å². The van der Waals surface area contributed by atoms with Gasteiger partial charge in [0, 0.05) is 26.8 Å². The molecule has 0 spiro atoms. The van der Waals surface area contributed by atoms with E-state index in [-0.39, 0.29) is 11.4 Å². The molecule has 0 radical (unpaired) electrons. The van der Waals surface area contributed by atoms with Crippen LogP contribution in [0.4, 0.5) is 0 Å². The van der Waals surface area contributed by atoms with Crippen molar-refractivity contribution in [1.82, 2.24) is 19.1 Å². The summed E-state index contributed by atoms with van der Waals surface area (Å²) in [6.07, 6.45) is 1.57. The Kier molecular flexibility index (Phi) is 4.36. The molecule has 2 aromatic rings. The van der Waals surface area contributed by atoms with Crippen molar-refractivity contribution in [2.75, 3.05) is 7.05 Å². The van der Waals surface area contributed by atoms with Crippen LogP contribution in [0.5, 0.6) is 0 Å². The van der Waals surface area contributed by atoms with E-state index >= 15 is 0 Å². The Labute approximate surface area is 129 Å². The summed E-state index contributed by atoms with van der Waals surface area (Å²) in [5.41, 5.74) is 1.88. The number of nitrogens with zero attached hydrogens (tertiary/aromatic N) is 4. The average Bonchev–Trinajstić information content (AvgIpc) is 2.66. The molecule has 0 atom stereocenters. The molecule has 0 unspecified atom stereocenters. The van der Waals surface area contributed by atoms with Crippen LogP contribution >= 0.6 is 11.6 Å². The number of pyridine rings is 1. The standard InChI is InChI=1S/C13H17ClN4O2S/c1-9-13(10(2)18(4)16-9)21(19,20)17(3)8-11-5-6-12(14)15-7-11/h5-7H,8H2,1-4H3. The first kappa shape index (κ1) is 15.9. The van der Waals surface area contributed by atoms with Crippen LogP contribution in [0.2, 0.25) is 5.15 Å². The van der Waals surface area contributed by atoms with Crippen LogP contribution in [0, 0.1) is 13.8 Å². The third-order valence-corrected chi connectivity index (χ3v) is 5.58. The van der Waals surface area contributed by atoms with Gasteiger partial charge in [-0.25, -0.2) is 13.4 Å². The zero-order valence-electron chi connectivity index (χ0n) is 12.3. The fraction of sp³-hybridized carbons (Fsp3) is 0.385. The zero-order valence-corrected chi connectivity index (χ0v) is 13.9. The highest BCUT2D eigenvalue weighted by Gasteiger charge is 2.28. The SMILES string of the molecule is Cc1nn(C)c(C)c1S(=O)(=O)N(C)Cc1ccc(Cl)nc1. The minimum absolute atomic E-state index is 0.222. The highest BCUT2D eigenvalue weighted by Crippen LogP contribution is 2.23. The smallest absolute Gasteiger partial charge is 0.246 e. The second-order valence-electron chi connectivity index (χ2n) is 4.87. The first-order chi connectivity index (χ1) is 9.73. The maximum Gasteiger partial charge on any atom is 0.246 e. The third kappa shape index (κ3) is 3.09. The molecular weight excluding hydrogens is 312 g/mol. The van der Waals surface area contributed by atoms with Gasteiger partial charge >= 0.3 is 0 Å². The second kappa shape index (κ2) is 5.75. The van der Waals surface area contributed by atoms with Crippen LogP contribution in [-0.2, 0) is 23.6 Å². The van der Waals surface area contributed by atoms with Gasteiger partial charge in [-0.15, -0.1) is 0 Å². The Morgan fingerprint density at radius 3 is 2.48 bits per heavy atom. The topological polar surface area (TPSA) is 68.1 Å². The predicted octanol–water partition coefficient (Wildman–Crippen LogP) is 1.91. The van der Waals surface area contributed by atoms with E-state index in [2.05, 4.69) is 10.1 Å². The van der Waals surface area contributed by atoms with Gasteiger partial charge in [0.05, 0.1) is 11.4 Å². The average molecular weight is 329 g/mol. The predicted molar refractivity (Wildman–Crippen MR) is 80.6 cm³/mol. The molecule has 114 valence electrons. The number of sulfonamides is 1. The monoisotopic (exact) mass is 328 g/mol. The van der Waals surface area contributed by atoms with Gasteiger partial charge in [0.25, 0.3) is 0 Å². The highest BCUT2D eigenvalue weighted by molar-refractivity contribution is 7.89. The lowest BCUT2D eigenvalue weighted by Gasteiger charge is -2.17. The van der Waals surface area contributed by atoms with Crippen LogP contribution in [0.15, 0.2) is 23.2 Å². The molecule has 0 aliphatic carbocycles. The molecule has 2 heterocycles. The van der Waals surface area contributed by atoms with Gasteiger partial charge in [-0.2, -0.15) is 9.40 Å². The van der Waals surface area contributed by atoms with E-state index in [1.165, 1.54) is 11.4 Å². The summed E-state index contributed by atoms with van der Waals surface area (Å²) in [5, 5.41) is 4.54. The molecular formula is C13H17ClN4O2S. The summed E-state index contributed by atoms with van der Waals surface area (Å²) in [6.45, 7) is 3.66. The van der Waals surface area contributed by atoms with Gasteiger partial charge in [-0.3, -0.25) is 4.68 Å². The summed E-state index contributed by atoms with van der Waals surface area (Å²) in [4.78, 5) is 4.21. The highest BCUT2D eigenvalue weighted by atomic mass is 35.5. The molecule has 21 heavy (non-hydrogen) atoms. The van der Waals surface area contributed by atoms with Crippen molar-refractivity contribution in [1.29, 1.82) is 0 Å². The Morgan fingerprint density at radius 1 is 1.33 bits per heavy atom. The Hall–Kier alpha value is -1.44. The van der Waals surface area contributed by atoms with Crippen LogP contribution in [-0.4, -0.2) is 34.5 Å². The number of aryl methyl sites for hydroxylation is 2. The molecule has 0 N–H and O–H groups in total. The summed E-state index contributed by atoms with van der Waals surface area (Å²) >= 11 is 5.72. The van der Waals surface area contributed by atoms with Crippen molar-refractivity contribution in [3.63, 3.8) is 0 Å². The van der Waals surface area contributed by atoms with Crippen molar-refractivity contribution in [3.8, 4) is 0 Å². The van der Waals surface area contributed by atoms with Crippen LogP contribution < -0.4 is 0 Å². The third-order valence-electron chi connectivity index (χ3n) is 3.30. The zero-order chi connectivity index (χ0) is 15.8. The molecule has 2 aromatic heterocycles. The van der Waals surface area contributed by atoms with Crippen molar-refractivity contribution in [2.45, 2.75) is 25.3 Å². The second-order valence-corrected chi connectivity index (χ2v) is 7.24. The molecule has 6 nitrogen and oxygen atoms in total. The lowest BCUT2D eigenvalue weighted by atomic mass is 10.3. The lowest BCUT2D eigenvalue weighted by molar-refractivity contribution is 0.465. The van der Waals surface area contributed by atoms with E-state index in [0.717, 1.165) is 5.56 Å². The summed E-state index contributed by atoms with van der Waals surface area (Å²) in [7, 11) is -0.334. The number of rotatable bonds is 4. The van der Waals surface area contributed by atoms with E-state index < -0.39 is 10.0 Å². The van der Waals surface area contributed by atoms with Gasteiger partial charge in [-0.1, -0.05) is 17.7 Å². The number of aromatic nitrogens is 3. The Morgan fingerprint density at radius 2 is 2.00 bits per heavy atom. The van der Waals surface area contributed by atoms with E-state index in [9.17, 15) is 8.42 Å². The molecule has 2 rings (SSSR count). The Bertz CT molecular complexity index is 753. The Balaban J connectivity index is 2.32. The van der Waals surface area contributed by atoms with E-state index in [4.69, 9.17) is 11.6 Å². The van der Waals surface area contributed by atoms with Crippen molar-refractivity contribution < 1.29 is 8.42 Å². The molecule has 0 fully saturated rings. The van der Waals surface area contributed by atoms with Crippen LogP contribution in [0.3, 0.4) is 0 Å². The maximum absolute atomic E-state index is 12.7. The van der Waals surface area contributed by atoms with E-state index in [0.29, 0.717) is 16.5 Å². The molecule has 0 bridgehead atoms. The van der Waals surface area contributed by atoms with Crippen molar-refractivity contribution in [3.05, 3.63) is 40.4 Å². The number of hydrogen-bond donors (Lipinski definition) is 0. The minimum atomic E-state index is -3.60. The first-order valence-electron chi connectivity index (χ1n) is 6.30.